The number of aryl methyl sites for hydroxylation is 2. The zero-order valence-electron chi connectivity index (χ0n) is 9.34. The number of hydrogen-bond acceptors (Lipinski definition) is 2. The summed E-state index contributed by atoms with van der Waals surface area (Å²) in [7, 11) is 0. The summed E-state index contributed by atoms with van der Waals surface area (Å²) in [6.45, 7) is 4.86. The van der Waals surface area contributed by atoms with E-state index in [4.69, 9.17) is 0 Å². The summed E-state index contributed by atoms with van der Waals surface area (Å²) < 4.78 is 1.09. The van der Waals surface area contributed by atoms with Crippen molar-refractivity contribution >= 4 is 21.6 Å². The van der Waals surface area contributed by atoms with Crippen molar-refractivity contribution in [1.82, 2.24) is 10.2 Å². The Bertz CT molecular complexity index is 454. The van der Waals surface area contributed by atoms with Crippen LogP contribution < -0.4 is 5.32 Å². The summed E-state index contributed by atoms with van der Waals surface area (Å²) in [6.07, 6.45) is 0. The Morgan fingerprint density at radius 2 is 1.94 bits per heavy atom. The Morgan fingerprint density at radius 1 is 1.25 bits per heavy atom. The Balaban J connectivity index is 2.05. The number of aromatic nitrogens is 2. The predicted molar refractivity (Wildman–Crippen MR) is 69.5 cm³/mol. The Kier molecular flexibility index (Phi) is 3.29. The number of H-pyrrole nitrogens is 1. The van der Waals surface area contributed by atoms with Crippen LogP contribution in [-0.4, -0.2) is 10.2 Å². The molecule has 1 heterocycles. The highest BCUT2D eigenvalue weighted by Crippen LogP contribution is 2.16. The van der Waals surface area contributed by atoms with Crippen LogP contribution in [0.1, 0.15) is 17.0 Å². The van der Waals surface area contributed by atoms with E-state index < -0.39 is 0 Å². The molecule has 16 heavy (non-hydrogen) atoms. The first-order chi connectivity index (χ1) is 7.66. The molecule has 0 aliphatic rings. The van der Waals surface area contributed by atoms with Gasteiger partial charge >= 0.3 is 0 Å². The molecule has 0 amide bonds. The standard InChI is InChI=1S/C12H14BrN3/c1-8-12(9(2)16-15-8)7-14-11-5-3-10(13)4-6-11/h3-6,14H,7H2,1-2H3,(H,15,16). The lowest BCUT2D eigenvalue weighted by molar-refractivity contribution is 1.02. The molecule has 0 radical (unpaired) electrons. The van der Waals surface area contributed by atoms with Crippen LogP contribution in [0.25, 0.3) is 0 Å². The molecule has 0 fully saturated rings. The molecule has 0 saturated carbocycles. The third kappa shape index (κ3) is 2.44. The number of nitrogens with one attached hydrogen (secondary N) is 2. The molecule has 4 heteroatoms. The normalized spacial score (nSPS) is 10.4. The molecule has 0 spiro atoms. The van der Waals surface area contributed by atoms with Crippen molar-refractivity contribution in [2.24, 2.45) is 0 Å². The van der Waals surface area contributed by atoms with Crippen LogP contribution in [0.15, 0.2) is 28.7 Å². The lowest BCUT2D eigenvalue weighted by atomic mass is 10.2. The Morgan fingerprint density at radius 3 is 2.50 bits per heavy atom. The number of anilines is 1. The van der Waals surface area contributed by atoms with Gasteiger partial charge in [0, 0.05) is 28.0 Å². The minimum atomic E-state index is 0.801. The average molecular weight is 280 g/mol. The van der Waals surface area contributed by atoms with Crippen LogP contribution in [0.5, 0.6) is 0 Å². The van der Waals surface area contributed by atoms with Crippen molar-refractivity contribution < 1.29 is 0 Å². The van der Waals surface area contributed by atoms with E-state index in [-0.39, 0.29) is 0 Å². The minimum Gasteiger partial charge on any atom is -0.381 e. The van der Waals surface area contributed by atoms with Crippen molar-refractivity contribution in [2.75, 3.05) is 5.32 Å². The third-order valence-corrected chi connectivity index (χ3v) is 3.12. The molecular formula is C12H14BrN3. The number of aromatic amines is 1. The fourth-order valence-corrected chi connectivity index (χ4v) is 1.86. The van der Waals surface area contributed by atoms with E-state index in [9.17, 15) is 0 Å². The van der Waals surface area contributed by atoms with Gasteiger partial charge in [0.1, 0.15) is 0 Å². The van der Waals surface area contributed by atoms with Crippen LogP contribution in [0.3, 0.4) is 0 Å². The SMILES string of the molecule is Cc1n[nH]c(C)c1CNc1ccc(Br)cc1. The van der Waals surface area contributed by atoms with Crippen molar-refractivity contribution in [3.05, 3.63) is 45.7 Å². The quantitative estimate of drug-likeness (QED) is 0.904. The Hall–Kier alpha value is -1.29. The van der Waals surface area contributed by atoms with Gasteiger partial charge in [0.2, 0.25) is 0 Å². The number of hydrogen-bond donors (Lipinski definition) is 2. The van der Waals surface area contributed by atoms with E-state index in [0.29, 0.717) is 0 Å². The van der Waals surface area contributed by atoms with E-state index in [1.54, 1.807) is 0 Å². The molecule has 2 N–H and O–H groups in total. The van der Waals surface area contributed by atoms with Gasteiger partial charge in [-0.05, 0) is 38.1 Å². The van der Waals surface area contributed by atoms with Crippen LogP contribution in [0, 0.1) is 13.8 Å². The van der Waals surface area contributed by atoms with E-state index in [1.807, 2.05) is 26.0 Å². The largest absolute Gasteiger partial charge is 0.381 e. The lowest BCUT2D eigenvalue weighted by Crippen LogP contribution is -2.01. The maximum Gasteiger partial charge on any atom is 0.0643 e. The summed E-state index contributed by atoms with van der Waals surface area (Å²) in [5.74, 6) is 0. The molecule has 2 aromatic rings. The maximum atomic E-state index is 4.17. The highest BCUT2D eigenvalue weighted by Gasteiger charge is 2.05. The minimum absolute atomic E-state index is 0.801. The van der Waals surface area contributed by atoms with Crippen LogP contribution in [0.4, 0.5) is 5.69 Å². The van der Waals surface area contributed by atoms with Gasteiger partial charge < -0.3 is 5.32 Å². The monoisotopic (exact) mass is 279 g/mol. The van der Waals surface area contributed by atoms with E-state index >= 15 is 0 Å². The van der Waals surface area contributed by atoms with Crippen molar-refractivity contribution in [1.29, 1.82) is 0 Å². The molecule has 0 aliphatic carbocycles. The van der Waals surface area contributed by atoms with Gasteiger partial charge in [-0.15, -0.1) is 0 Å². The number of nitrogens with zero attached hydrogens (tertiary/aromatic N) is 1. The van der Waals surface area contributed by atoms with Crippen LogP contribution in [-0.2, 0) is 6.54 Å². The van der Waals surface area contributed by atoms with Crippen molar-refractivity contribution in [3.63, 3.8) is 0 Å². The van der Waals surface area contributed by atoms with Crippen molar-refractivity contribution in [3.8, 4) is 0 Å². The van der Waals surface area contributed by atoms with E-state index in [0.717, 1.165) is 28.1 Å². The number of benzene rings is 1. The molecule has 0 bridgehead atoms. The molecule has 0 aliphatic heterocycles. The highest BCUT2D eigenvalue weighted by molar-refractivity contribution is 9.10. The molecule has 84 valence electrons. The van der Waals surface area contributed by atoms with Crippen LogP contribution >= 0.6 is 15.9 Å². The fourth-order valence-electron chi connectivity index (χ4n) is 1.59. The fraction of sp³-hybridized carbons (Fsp3) is 0.250. The second-order valence-corrected chi connectivity index (χ2v) is 4.69. The first-order valence-electron chi connectivity index (χ1n) is 5.16. The smallest absolute Gasteiger partial charge is 0.0643 e. The molecule has 1 aromatic heterocycles. The number of rotatable bonds is 3. The second-order valence-electron chi connectivity index (χ2n) is 3.77. The van der Waals surface area contributed by atoms with Gasteiger partial charge in [-0.1, -0.05) is 15.9 Å². The van der Waals surface area contributed by atoms with E-state index in [1.165, 1.54) is 5.56 Å². The molecule has 0 unspecified atom stereocenters. The summed E-state index contributed by atoms with van der Waals surface area (Å²) in [6, 6.07) is 8.15. The summed E-state index contributed by atoms with van der Waals surface area (Å²) >= 11 is 3.42. The van der Waals surface area contributed by atoms with Gasteiger partial charge in [0.15, 0.2) is 0 Å². The Labute approximate surface area is 103 Å². The molecule has 3 nitrogen and oxygen atoms in total. The summed E-state index contributed by atoms with van der Waals surface area (Å²) in [5.41, 5.74) is 4.54. The molecule has 0 atom stereocenters. The first-order valence-corrected chi connectivity index (χ1v) is 5.96. The van der Waals surface area contributed by atoms with Gasteiger partial charge in [0.25, 0.3) is 0 Å². The zero-order chi connectivity index (χ0) is 11.5. The maximum absolute atomic E-state index is 4.17. The predicted octanol–water partition coefficient (Wildman–Crippen LogP) is 3.40. The summed E-state index contributed by atoms with van der Waals surface area (Å²) in [4.78, 5) is 0. The van der Waals surface area contributed by atoms with Gasteiger partial charge in [0.05, 0.1) is 5.69 Å². The lowest BCUT2D eigenvalue weighted by Gasteiger charge is -2.06. The molecule has 1 aromatic carbocycles. The zero-order valence-corrected chi connectivity index (χ0v) is 10.9. The number of halogens is 1. The van der Waals surface area contributed by atoms with E-state index in [2.05, 4.69) is 43.6 Å². The highest BCUT2D eigenvalue weighted by atomic mass is 79.9. The molecule has 0 saturated heterocycles. The molecule has 2 rings (SSSR count). The average Bonchev–Trinajstić information content (AvgIpc) is 2.59. The van der Waals surface area contributed by atoms with Crippen LogP contribution in [0.2, 0.25) is 0 Å². The topological polar surface area (TPSA) is 40.7 Å². The molecular weight excluding hydrogens is 266 g/mol. The third-order valence-electron chi connectivity index (χ3n) is 2.59. The first kappa shape index (κ1) is 11.2. The van der Waals surface area contributed by atoms with Gasteiger partial charge in [-0.25, -0.2) is 0 Å². The van der Waals surface area contributed by atoms with Gasteiger partial charge in [-0.3, -0.25) is 5.10 Å². The van der Waals surface area contributed by atoms with Crippen molar-refractivity contribution in [2.45, 2.75) is 20.4 Å². The second kappa shape index (κ2) is 4.70. The summed E-state index contributed by atoms with van der Waals surface area (Å²) in [5, 5.41) is 10.5. The van der Waals surface area contributed by atoms with Gasteiger partial charge in [-0.2, -0.15) is 5.10 Å².